The Morgan fingerprint density at radius 3 is 2.72 bits per heavy atom. The van der Waals surface area contributed by atoms with Crippen LogP contribution in [-0.4, -0.2) is 30.3 Å². The smallest absolute Gasteiger partial charge is 0.258 e. The number of benzene rings is 1. The van der Waals surface area contributed by atoms with Crippen LogP contribution in [0.1, 0.15) is 32.3 Å². The zero-order valence-corrected chi connectivity index (χ0v) is 11.1. The Morgan fingerprint density at radius 2 is 2.11 bits per heavy atom. The number of ether oxygens (including phenoxy) is 1. The number of rotatable bonds is 6. The minimum Gasteiger partial charge on any atom is -0.484 e. The number of nitrogens with one attached hydrogen (secondary N) is 1. The van der Waals surface area contributed by atoms with Crippen LogP contribution >= 0.6 is 0 Å². The summed E-state index contributed by atoms with van der Waals surface area (Å²) in [7, 11) is 0. The second-order valence-corrected chi connectivity index (χ2v) is 4.67. The number of carbonyl (C=O) groups excluding carboxylic acids is 1. The fourth-order valence-electron chi connectivity index (χ4n) is 1.47. The van der Waals surface area contributed by atoms with Gasteiger partial charge in [-0.1, -0.05) is 26.0 Å². The largest absolute Gasteiger partial charge is 0.484 e. The third-order valence-electron chi connectivity index (χ3n) is 2.58. The standard InChI is InChI=1S/C14H21NO3/c1-10(2)12-5-4-6-13(7-12)18-9-14(17)15-11(3)8-16/h4-7,10-11,16H,8-9H2,1-3H3,(H,15,17). The fourth-order valence-corrected chi connectivity index (χ4v) is 1.47. The lowest BCUT2D eigenvalue weighted by Crippen LogP contribution is -2.38. The van der Waals surface area contributed by atoms with Crippen molar-refractivity contribution in [3.8, 4) is 5.75 Å². The van der Waals surface area contributed by atoms with E-state index in [2.05, 4.69) is 19.2 Å². The Morgan fingerprint density at radius 1 is 1.39 bits per heavy atom. The van der Waals surface area contributed by atoms with Crippen LogP contribution in [0.3, 0.4) is 0 Å². The zero-order valence-electron chi connectivity index (χ0n) is 11.1. The fraction of sp³-hybridized carbons (Fsp3) is 0.500. The first-order valence-electron chi connectivity index (χ1n) is 6.16. The van der Waals surface area contributed by atoms with Crippen molar-refractivity contribution in [3.63, 3.8) is 0 Å². The highest BCUT2D eigenvalue weighted by molar-refractivity contribution is 5.77. The summed E-state index contributed by atoms with van der Waals surface area (Å²) >= 11 is 0. The molecule has 100 valence electrons. The molecule has 0 bridgehead atoms. The van der Waals surface area contributed by atoms with Gasteiger partial charge < -0.3 is 15.2 Å². The van der Waals surface area contributed by atoms with Crippen LogP contribution in [0, 0.1) is 0 Å². The lowest BCUT2D eigenvalue weighted by Gasteiger charge is -2.12. The lowest BCUT2D eigenvalue weighted by molar-refractivity contribution is -0.123. The maximum Gasteiger partial charge on any atom is 0.258 e. The van der Waals surface area contributed by atoms with Gasteiger partial charge in [-0.3, -0.25) is 4.79 Å². The molecule has 0 saturated heterocycles. The SMILES string of the molecule is CC(CO)NC(=O)COc1cccc(C(C)C)c1. The Balaban J connectivity index is 2.48. The van der Waals surface area contributed by atoms with E-state index in [9.17, 15) is 4.79 Å². The molecule has 0 aliphatic carbocycles. The maximum atomic E-state index is 11.5. The van der Waals surface area contributed by atoms with Crippen molar-refractivity contribution in [3.05, 3.63) is 29.8 Å². The van der Waals surface area contributed by atoms with Gasteiger partial charge in [-0.25, -0.2) is 0 Å². The molecule has 0 fully saturated rings. The van der Waals surface area contributed by atoms with Gasteiger partial charge in [0.1, 0.15) is 5.75 Å². The molecule has 0 radical (unpaired) electrons. The molecule has 0 aliphatic rings. The normalized spacial score (nSPS) is 12.3. The van der Waals surface area contributed by atoms with E-state index in [1.807, 2.05) is 24.3 Å². The van der Waals surface area contributed by atoms with Gasteiger partial charge in [-0.05, 0) is 30.5 Å². The number of aliphatic hydroxyl groups excluding tert-OH is 1. The number of hydrogen-bond acceptors (Lipinski definition) is 3. The second-order valence-electron chi connectivity index (χ2n) is 4.67. The van der Waals surface area contributed by atoms with Crippen LogP contribution in [0.25, 0.3) is 0 Å². The molecule has 0 spiro atoms. The van der Waals surface area contributed by atoms with E-state index in [1.54, 1.807) is 6.92 Å². The third-order valence-corrected chi connectivity index (χ3v) is 2.58. The Labute approximate surface area is 108 Å². The van der Waals surface area contributed by atoms with E-state index in [-0.39, 0.29) is 25.2 Å². The van der Waals surface area contributed by atoms with Crippen LogP contribution in [-0.2, 0) is 4.79 Å². The molecule has 1 rings (SSSR count). The van der Waals surface area contributed by atoms with Crippen LogP contribution in [0.15, 0.2) is 24.3 Å². The molecule has 0 aliphatic heterocycles. The molecule has 1 atom stereocenters. The molecule has 2 N–H and O–H groups in total. The first kappa shape index (κ1) is 14.5. The first-order valence-corrected chi connectivity index (χ1v) is 6.16. The number of hydrogen-bond donors (Lipinski definition) is 2. The molecule has 4 heteroatoms. The summed E-state index contributed by atoms with van der Waals surface area (Å²) in [4.78, 5) is 11.5. The van der Waals surface area contributed by atoms with Crippen LogP contribution in [0.2, 0.25) is 0 Å². The molecule has 0 saturated carbocycles. The summed E-state index contributed by atoms with van der Waals surface area (Å²) in [5.74, 6) is 0.885. The summed E-state index contributed by atoms with van der Waals surface area (Å²) in [5.41, 5.74) is 1.18. The predicted molar refractivity (Wildman–Crippen MR) is 70.7 cm³/mol. The molecule has 1 unspecified atom stereocenters. The molecule has 18 heavy (non-hydrogen) atoms. The zero-order chi connectivity index (χ0) is 13.5. The third kappa shape index (κ3) is 4.75. The minimum absolute atomic E-state index is 0.0358. The van der Waals surface area contributed by atoms with E-state index in [0.29, 0.717) is 11.7 Å². The highest BCUT2D eigenvalue weighted by atomic mass is 16.5. The van der Waals surface area contributed by atoms with Crippen molar-refractivity contribution in [2.75, 3.05) is 13.2 Å². The maximum absolute atomic E-state index is 11.5. The van der Waals surface area contributed by atoms with Crippen molar-refractivity contribution < 1.29 is 14.6 Å². The van der Waals surface area contributed by atoms with Crippen molar-refractivity contribution >= 4 is 5.91 Å². The van der Waals surface area contributed by atoms with E-state index in [1.165, 1.54) is 5.56 Å². The molecule has 1 aromatic carbocycles. The Kier molecular flexibility index (Phi) is 5.65. The molecule has 0 heterocycles. The van der Waals surface area contributed by atoms with E-state index in [4.69, 9.17) is 9.84 Å². The predicted octanol–water partition coefficient (Wildman–Crippen LogP) is 1.69. The van der Waals surface area contributed by atoms with Crippen LogP contribution < -0.4 is 10.1 Å². The van der Waals surface area contributed by atoms with Crippen molar-refractivity contribution in [2.45, 2.75) is 32.7 Å². The second kappa shape index (κ2) is 7.01. The summed E-state index contributed by atoms with van der Waals surface area (Å²) in [6.45, 7) is 5.83. The molecular formula is C14H21NO3. The lowest BCUT2D eigenvalue weighted by atomic mass is 10.0. The number of amides is 1. The topological polar surface area (TPSA) is 58.6 Å². The monoisotopic (exact) mass is 251 g/mol. The molecular weight excluding hydrogens is 230 g/mol. The average molecular weight is 251 g/mol. The number of carbonyl (C=O) groups is 1. The quantitative estimate of drug-likeness (QED) is 0.809. The Hall–Kier alpha value is -1.55. The summed E-state index contributed by atoms with van der Waals surface area (Å²) in [6, 6.07) is 7.47. The van der Waals surface area contributed by atoms with Crippen molar-refractivity contribution in [1.29, 1.82) is 0 Å². The highest BCUT2D eigenvalue weighted by Crippen LogP contribution is 2.19. The van der Waals surface area contributed by atoms with E-state index >= 15 is 0 Å². The van der Waals surface area contributed by atoms with Crippen molar-refractivity contribution in [2.24, 2.45) is 0 Å². The molecule has 1 aromatic rings. The van der Waals surface area contributed by atoms with Gasteiger partial charge in [0.15, 0.2) is 6.61 Å². The summed E-state index contributed by atoms with van der Waals surface area (Å²) in [5, 5.41) is 11.4. The van der Waals surface area contributed by atoms with Crippen LogP contribution in [0.4, 0.5) is 0 Å². The van der Waals surface area contributed by atoms with Gasteiger partial charge in [-0.2, -0.15) is 0 Å². The highest BCUT2D eigenvalue weighted by Gasteiger charge is 2.07. The van der Waals surface area contributed by atoms with Gasteiger partial charge in [0.05, 0.1) is 6.61 Å². The van der Waals surface area contributed by atoms with Crippen molar-refractivity contribution in [1.82, 2.24) is 5.32 Å². The van der Waals surface area contributed by atoms with E-state index in [0.717, 1.165) is 0 Å². The van der Waals surface area contributed by atoms with E-state index < -0.39 is 0 Å². The average Bonchev–Trinajstić information content (AvgIpc) is 2.36. The summed E-state index contributed by atoms with van der Waals surface area (Å²) < 4.78 is 5.41. The molecule has 1 amide bonds. The van der Waals surface area contributed by atoms with Gasteiger partial charge in [0, 0.05) is 6.04 Å². The number of aliphatic hydroxyl groups is 1. The van der Waals surface area contributed by atoms with Crippen LogP contribution in [0.5, 0.6) is 5.75 Å². The molecule has 0 aromatic heterocycles. The summed E-state index contributed by atoms with van der Waals surface area (Å²) in [6.07, 6.45) is 0. The molecule has 4 nitrogen and oxygen atoms in total. The van der Waals surface area contributed by atoms with Gasteiger partial charge >= 0.3 is 0 Å². The van der Waals surface area contributed by atoms with Gasteiger partial charge in [-0.15, -0.1) is 0 Å². The first-order chi connectivity index (χ1) is 8.52. The van der Waals surface area contributed by atoms with Gasteiger partial charge in [0.25, 0.3) is 5.91 Å². The Bertz CT molecular complexity index is 390. The minimum atomic E-state index is -0.247. The van der Waals surface area contributed by atoms with Gasteiger partial charge in [0.2, 0.25) is 0 Å².